The van der Waals surface area contributed by atoms with Crippen molar-refractivity contribution in [1.29, 1.82) is 0 Å². The Labute approximate surface area is 139 Å². The molecule has 2 N–H and O–H groups in total. The fourth-order valence-electron chi connectivity index (χ4n) is 2.31. The van der Waals surface area contributed by atoms with E-state index in [1.54, 1.807) is 30.3 Å². The summed E-state index contributed by atoms with van der Waals surface area (Å²) in [7, 11) is 0. The molecular weight excluding hydrogens is 308 g/mol. The normalized spacial score (nSPS) is 12.4. The number of hydrogen-bond donors (Lipinski definition) is 2. The molecule has 1 heterocycles. The number of carbonyl (C=O) groups excluding carboxylic acids is 2. The summed E-state index contributed by atoms with van der Waals surface area (Å²) in [5, 5.41) is 5.37. The van der Waals surface area contributed by atoms with Crippen molar-refractivity contribution in [2.45, 2.75) is 13.3 Å². The molecular formula is C18H18N2O4. The van der Waals surface area contributed by atoms with Crippen molar-refractivity contribution in [3.05, 3.63) is 48.0 Å². The minimum Gasteiger partial charge on any atom is -0.486 e. The van der Waals surface area contributed by atoms with Crippen LogP contribution in [0.5, 0.6) is 11.5 Å². The first-order valence-corrected chi connectivity index (χ1v) is 7.66. The monoisotopic (exact) mass is 326 g/mol. The van der Waals surface area contributed by atoms with Crippen molar-refractivity contribution in [2.75, 3.05) is 23.8 Å². The van der Waals surface area contributed by atoms with Crippen LogP contribution in [0, 0.1) is 6.92 Å². The molecule has 2 aromatic carbocycles. The molecule has 2 amide bonds. The molecule has 0 aliphatic carbocycles. The van der Waals surface area contributed by atoms with Crippen LogP contribution in [-0.2, 0) is 9.59 Å². The Hall–Kier alpha value is -3.02. The van der Waals surface area contributed by atoms with Crippen LogP contribution in [0.3, 0.4) is 0 Å². The molecule has 0 unspecified atom stereocenters. The van der Waals surface area contributed by atoms with Gasteiger partial charge in [-0.15, -0.1) is 0 Å². The number of amides is 2. The number of benzene rings is 2. The number of rotatable bonds is 4. The van der Waals surface area contributed by atoms with Crippen LogP contribution in [0.2, 0.25) is 0 Å². The molecule has 0 radical (unpaired) electrons. The minimum absolute atomic E-state index is 0.262. The zero-order valence-electron chi connectivity index (χ0n) is 13.3. The molecule has 1 aliphatic heterocycles. The van der Waals surface area contributed by atoms with Crippen molar-refractivity contribution in [3.63, 3.8) is 0 Å². The molecule has 0 saturated carbocycles. The smallest absolute Gasteiger partial charge is 0.233 e. The van der Waals surface area contributed by atoms with Crippen LogP contribution in [0.4, 0.5) is 11.4 Å². The summed E-state index contributed by atoms with van der Waals surface area (Å²) >= 11 is 0. The van der Waals surface area contributed by atoms with Crippen LogP contribution >= 0.6 is 0 Å². The van der Waals surface area contributed by atoms with E-state index >= 15 is 0 Å². The summed E-state index contributed by atoms with van der Waals surface area (Å²) in [5.41, 5.74) is 2.33. The van der Waals surface area contributed by atoms with E-state index in [0.29, 0.717) is 36.1 Å². The van der Waals surface area contributed by atoms with Crippen molar-refractivity contribution < 1.29 is 19.1 Å². The zero-order valence-corrected chi connectivity index (χ0v) is 13.3. The second-order valence-electron chi connectivity index (χ2n) is 5.50. The van der Waals surface area contributed by atoms with Gasteiger partial charge in [0.25, 0.3) is 0 Å². The number of carbonyl (C=O) groups is 2. The van der Waals surface area contributed by atoms with Gasteiger partial charge in [-0.2, -0.15) is 0 Å². The van der Waals surface area contributed by atoms with E-state index in [0.717, 1.165) is 5.56 Å². The second-order valence-corrected chi connectivity index (χ2v) is 5.50. The van der Waals surface area contributed by atoms with Gasteiger partial charge in [0.05, 0.1) is 0 Å². The van der Waals surface area contributed by atoms with Gasteiger partial charge in [-0.3, -0.25) is 9.59 Å². The van der Waals surface area contributed by atoms with Crippen LogP contribution < -0.4 is 20.1 Å². The molecule has 0 atom stereocenters. The Bertz CT molecular complexity index is 756. The summed E-state index contributed by atoms with van der Waals surface area (Å²) in [5.74, 6) is 0.477. The molecule has 0 fully saturated rings. The van der Waals surface area contributed by atoms with Crippen molar-refractivity contribution in [3.8, 4) is 11.5 Å². The van der Waals surface area contributed by atoms with Crippen LogP contribution in [0.15, 0.2) is 42.5 Å². The van der Waals surface area contributed by atoms with Gasteiger partial charge in [0.2, 0.25) is 11.8 Å². The average Bonchev–Trinajstić information content (AvgIpc) is 2.56. The quantitative estimate of drug-likeness (QED) is 0.847. The van der Waals surface area contributed by atoms with Gasteiger partial charge in [-0.1, -0.05) is 17.7 Å². The number of fused-ring (bicyclic) bond motifs is 1. The number of nitrogens with one attached hydrogen (secondary N) is 2. The fraction of sp³-hybridized carbons (Fsp3) is 0.222. The largest absolute Gasteiger partial charge is 0.486 e. The van der Waals surface area contributed by atoms with E-state index < -0.39 is 5.91 Å². The maximum absolute atomic E-state index is 12.0. The lowest BCUT2D eigenvalue weighted by Crippen LogP contribution is -2.21. The first-order chi connectivity index (χ1) is 11.6. The summed E-state index contributed by atoms with van der Waals surface area (Å²) in [6.45, 7) is 2.95. The highest BCUT2D eigenvalue weighted by molar-refractivity contribution is 6.08. The predicted molar refractivity (Wildman–Crippen MR) is 90.5 cm³/mol. The fourth-order valence-corrected chi connectivity index (χ4v) is 2.31. The van der Waals surface area contributed by atoms with Gasteiger partial charge in [-0.25, -0.2) is 0 Å². The topological polar surface area (TPSA) is 76.7 Å². The van der Waals surface area contributed by atoms with Gasteiger partial charge < -0.3 is 20.1 Å². The van der Waals surface area contributed by atoms with Gasteiger partial charge in [0.1, 0.15) is 19.6 Å². The first kappa shape index (κ1) is 15.9. The third-order valence-corrected chi connectivity index (χ3v) is 3.48. The molecule has 1 aliphatic rings. The first-order valence-electron chi connectivity index (χ1n) is 7.66. The predicted octanol–water partition coefficient (Wildman–Crippen LogP) is 2.73. The molecule has 3 rings (SSSR count). The Morgan fingerprint density at radius 3 is 2.17 bits per heavy atom. The second kappa shape index (κ2) is 7.04. The summed E-state index contributed by atoms with van der Waals surface area (Å²) < 4.78 is 10.9. The van der Waals surface area contributed by atoms with Crippen LogP contribution in [-0.4, -0.2) is 25.0 Å². The molecule has 124 valence electrons. The van der Waals surface area contributed by atoms with Gasteiger partial charge >= 0.3 is 0 Å². The van der Waals surface area contributed by atoms with E-state index in [4.69, 9.17) is 9.47 Å². The standard InChI is InChI=1S/C18H18N2O4/c1-12-2-4-13(5-3-12)19-17(21)11-18(22)20-14-6-7-15-16(10-14)24-9-8-23-15/h2-7,10H,8-9,11H2,1H3,(H,19,21)(H,20,22). The highest BCUT2D eigenvalue weighted by atomic mass is 16.6. The Balaban J connectivity index is 1.55. The SMILES string of the molecule is Cc1ccc(NC(=O)CC(=O)Nc2ccc3c(c2)OCCO3)cc1. The number of ether oxygens (including phenoxy) is 2. The third kappa shape index (κ3) is 4.04. The average molecular weight is 326 g/mol. The Kier molecular flexibility index (Phi) is 4.65. The third-order valence-electron chi connectivity index (χ3n) is 3.48. The number of anilines is 2. The zero-order chi connectivity index (χ0) is 16.9. The molecule has 2 aromatic rings. The number of aryl methyl sites for hydroxylation is 1. The van der Waals surface area contributed by atoms with Crippen molar-refractivity contribution in [1.82, 2.24) is 0 Å². The Morgan fingerprint density at radius 1 is 0.875 bits per heavy atom. The molecule has 6 nitrogen and oxygen atoms in total. The van der Waals surface area contributed by atoms with E-state index in [1.807, 2.05) is 19.1 Å². The van der Waals surface area contributed by atoms with Crippen LogP contribution in [0.1, 0.15) is 12.0 Å². The van der Waals surface area contributed by atoms with Crippen molar-refractivity contribution in [2.24, 2.45) is 0 Å². The summed E-state index contributed by atoms with van der Waals surface area (Å²) in [4.78, 5) is 23.9. The van der Waals surface area contributed by atoms with Gasteiger partial charge in [0.15, 0.2) is 11.5 Å². The molecule has 24 heavy (non-hydrogen) atoms. The van der Waals surface area contributed by atoms with Gasteiger partial charge in [0, 0.05) is 17.4 Å². The lowest BCUT2D eigenvalue weighted by molar-refractivity contribution is -0.123. The maximum Gasteiger partial charge on any atom is 0.233 e. The lowest BCUT2D eigenvalue weighted by Gasteiger charge is -2.19. The van der Waals surface area contributed by atoms with Crippen LogP contribution in [0.25, 0.3) is 0 Å². The highest BCUT2D eigenvalue weighted by Gasteiger charge is 2.14. The van der Waals surface area contributed by atoms with Gasteiger partial charge in [-0.05, 0) is 31.2 Å². The molecule has 0 bridgehead atoms. The molecule has 6 heteroatoms. The minimum atomic E-state index is -0.392. The summed E-state index contributed by atoms with van der Waals surface area (Å²) in [6.07, 6.45) is -0.262. The highest BCUT2D eigenvalue weighted by Crippen LogP contribution is 2.32. The van der Waals surface area contributed by atoms with E-state index in [1.165, 1.54) is 0 Å². The molecule has 0 saturated heterocycles. The molecule has 0 aromatic heterocycles. The van der Waals surface area contributed by atoms with Crippen molar-refractivity contribution >= 4 is 23.2 Å². The summed E-state index contributed by atoms with van der Waals surface area (Å²) in [6, 6.07) is 12.5. The van der Waals surface area contributed by atoms with E-state index in [2.05, 4.69) is 10.6 Å². The maximum atomic E-state index is 12.0. The number of hydrogen-bond acceptors (Lipinski definition) is 4. The molecule has 0 spiro atoms. The van der Waals surface area contributed by atoms with E-state index in [-0.39, 0.29) is 12.3 Å². The Morgan fingerprint density at radius 2 is 1.46 bits per heavy atom. The lowest BCUT2D eigenvalue weighted by atomic mass is 10.2. The van der Waals surface area contributed by atoms with E-state index in [9.17, 15) is 9.59 Å².